The summed E-state index contributed by atoms with van der Waals surface area (Å²) in [6.07, 6.45) is 1.81. The molecule has 1 atom stereocenters. The average molecular weight is 293 g/mol. The SMILES string of the molecule is COC(=O)/C(C)=C/CNC(C)c1ccc(OC)c(OC)c1. The van der Waals surface area contributed by atoms with E-state index >= 15 is 0 Å². The van der Waals surface area contributed by atoms with Gasteiger partial charge in [-0.1, -0.05) is 12.1 Å². The van der Waals surface area contributed by atoms with Gasteiger partial charge in [0.1, 0.15) is 0 Å². The van der Waals surface area contributed by atoms with Crippen molar-refractivity contribution in [3.63, 3.8) is 0 Å². The van der Waals surface area contributed by atoms with E-state index in [2.05, 4.69) is 10.1 Å². The fraction of sp³-hybridized carbons (Fsp3) is 0.438. The van der Waals surface area contributed by atoms with Crippen molar-refractivity contribution in [3.8, 4) is 11.5 Å². The summed E-state index contributed by atoms with van der Waals surface area (Å²) in [5.41, 5.74) is 1.67. The van der Waals surface area contributed by atoms with Gasteiger partial charge in [-0.15, -0.1) is 0 Å². The number of ether oxygens (including phenoxy) is 3. The molecule has 0 aliphatic rings. The summed E-state index contributed by atoms with van der Waals surface area (Å²) >= 11 is 0. The highest BCUT2D eigenvalue weighted by molar-refractivity contribution is 5.87. The topological polar surface area (TPSA) is 56.8 Å². The molecule has 0 heterocycles. The monoisotopic (exact) mass is 293 g/mol. The second-order valence-corrected chi connectivity index (χ2v) is 4.62. The van der Waals surface area contributed by atoms with Crippen LogP contribution in [0.5, 0.6) is 11.5 Å². The molecule has 0 spiro atoms. The van der Waals surface area contributed by atoms with E-state index in [0.717, 1.165) is 5.56 Å². The molecule has 0 fully saturated rings. The summed E-state index contributed by atoms with van der Waals surface area (Å²) < 4.78 is 15.2. The third-order valence-corrected chi connectivity index (χ3v) is 3.25. The number of carbonyl (C=O) groups excluding carboxylic acids is 1. The highest BCUT2D eigenvalue weighted by Crippen LogP contribution is 2.29. The number of benzene rings is 1. The van der Waals surface area contributed by atoms with Crippen LogP contribution in [-0.2, 0) is 9.53 Å². The Labute approximate surface area is 125 Å². The molecule has 0 radical (unpaired) electrons. The molecule has 0 aromatic heterocycles. The molecule has 0 amide bonds. The minimum atomic E-state index is -0.310. The van der Waals surface area contributed by atoms with Gasteiger partial charge < -0.3 is 19.5 Å². The van der Waals surface area contributed by atoms with Crippen LogP contribution in [0.4, 0.5) is 0 Å². The zero-order valence-corrected chi connectivity index (χ0v) is 13.2. The van der Waals surface area contributed by atoms with Crippen LogP contribution in [0.15, 0.2) is 29.8 Å². The van der Waals surface area contributed by atoms with Crippen LogP contribution in [0.25, 0.3) is 0 Å². The Morgan fingerprint density at radius 3 is 2.48 bits per heavy atom. The van der Waals surface area contributed by atoms with Gasteiger partial charge in [-0.2, -0.15) is 0 Å². The Kier molecular flexibility index (Phi) is 6.75. The minimum absolute atomic E-state index is 0.117. The van der Waals surface area contributed by atoms with Crippen molar-refractivity contribution in [2.75, 3.05) is 27.9 Å². The van der Waals surface area contributed by atoms with Gasteiger partial charge in [0.15, 0.2) is 11.5 Å². The largest absolute Gasteiger partial charge is 0.493 e. The first-order valence-corrected chi connectivity index (χ1v) is 6.73. The van der Waals surface area contributed by atoms with Crippen LogP contribution in [0, 0.1) is 0 Å². The van der Waals surface area contributed by atoms with E-state index in [1.807, 2.05) is 31.2 Å². The molecule has 1 unspecified atom stereocenters. The maximum Gasteiger partial charge on any atom is 0.333 e. The number of nitrogens with one attached hydrogen (secondary N) is 1. The third-order valence-electron chi connectivity index (χ3n) is 3.25. The fourth-order valence-corrected chi connectivity index (χ4v) is 1.87. The molecule has 0 saturated carbocycles. The number of carbonyl (C=O) groups is 1. The molecule has 1 N–H and O–H groups in total. The lowest BCUT2D eigenvalue weighted by atomic mass is 10.1. The molecule has 0 aliphatic heterocycles. The molecule has 1 rings (SSSR count). The van der Waals surface area contributed by atoms with E-state index in [9.17, 15) is 4.79 Å². The van der Waals surface area contributed by atoms with E-state index in [1.165, 1.54) is 7.11 Å². The molecule has 21 heavy (non-hydrogen) atoms. The highest BCUT2D eigenvalue weighted by atomic mass is 16.5. The first kappa shape index (κ1) is 17.0. The molecule has 116 valence electrons. The van der Waals surface area contributed by atoms with Gasteiger partial charge in [0.25, 0.3) is 0 Å². The first-order chi connectivity index (χ1) is 10.0. The summed E-state index contributed by atoms with van der Waals surface area (Å²) in [5.74, 6) is 1.09. The van der Waals surface area contributed by atoms with Crippen molar-refractivity contribution in [1.29, 1.82) is 0 Å². The van der Waals surface area contributed by atoms with Crippen LogP contribution in [0.1, 0.15) is 25.5 Å². The molecule has 0 bridgehead atoms. The average Bonchev–Trinajstić information content (AvgIpc) is 2.52. The quantitative estimate of drug-likeness (QED) is 0.618. The van der Waals surface area contributed by atoms with E-state index in [1.54, 1.807) is 21.1 Å². The first-order valence-electron chi connectivity index (χ1n) is 6.73. The lowest BCUT2D eigenvalue weighted by molar-refractivity contribution is -0.136. The number of hydrogen-bond acceptors (Lipinski definition) is 5. The van der Waals surface area contributed by atoms with E-state index < -0.39 is 0 Å². The van der Waals surface area contributed by atoms with Crippen LogP contribution < -0.4 is 14.8 Å². The normalized spacial score (nSPS) is 12.7. The third kappa shape index (κ3) is 4.79. The number of esters is 1. The maximum atomic E-state index is 11.3. The van der Waals surface area contributed by atoms with E-state index in [-0.39, 0.29) is 12.0 Å². The maximum absolute atomic E-state index is 11.3. The minimum Gasteiger partial charge on any atom is -0.493 e. The summed E-state index contributed by atoms with van der Waals surface area (Å²) in [5, 5.41) is 3.32. The van der Waals surface area contributed by atoms with Crippen molar-refractivity contribution in [2.24, 2.45) is 0 Å². The van der Waals surface area contributed by atoms with Gasteiger partial charge in [0, 0.05) is 18.2 Å². The van der Waals surface area contributed by atoms with Gasteiger partial charge in [0.05, 0.1) is 21.3 Å². The summed E-state index contributed by atoms with van der Waals surface area (Å²) in [6.45, 7) is 4.35. The van der Waals surface area contributed by atoms with Gasteiger partial charge >= 0.3 is 5.97 Å². The van der Waals surface area contributed by atoms with Gasteiger partial charge in [-0.05, 0) is 31.5 Å². The van der Waals surface area contributed by atoms with E-state index in [0.29, 0.717) is 23.6 Å². The summed E-state index contributed by atoms with van der Waals surface area (Å²) in [7, 11) is 4.60. The number of methoxy groups -OCH3 is 3. The molecule has 1 aromatic carbocycles. The summed E-state index contributed by atoms with van der Waals surface area (Å²) in [4.78, 5) is 11.3. The van der Waals surface area contributed by atoms with Crippen LogP contribution in [0.2, 0.25) is 0 Å². The zero-order valence-electron chi connectivity index (χ0n) is 13.2. The van der Waals surface area contributed by atoms with Gasteiger partial charge in [-0.3, -0.25) is 0 Å². The molecular weight excluding hydrogens is 270 g/mol. The molecule has 5 nitrogen and oxygen atoms in total. The van der Waals surface area contributed by atoms with Crippen molar-refractivity contribution >= 4 is 5.97 Å². The van der Waals surface area contributed by atoms with Crippen LogP contribution in [0.3, 0.4) is 0 Å². The Morgan fingerprint density at radius 1 is 1.24 bits per heavy atom. The molecule has 0 saturated heterocycles. The second-order valence-electron chi connectivity index (χ2n) is 4.62. The standard InChI is InChI=1S/C16H23NO4/c1-11(16(18)21-5)8-9-17-12(2)13-6-7-14(19-3)15(10-13)20-4/h6-8,10,12,17H,9H2,1-5H3/b11-8+. The predicted molar refractivity (Wildman–Crippen MR) is 81.7 cm³/mol. The Bertz CT molecular complexity index is 511. The van der Waals surface area contributed by atoms with Gasteiger partial charge in [-0.25, -0.2) is 4.79 Å². The Balaban J connectivity index is 2.68. The lowest BCUT2D eigenvalue weighted by Crippen LogP contribution is -2.19. The fourth-order valence-electron chi connectivity index (χ4n) is 1.87. The molecule has 0 aliphatic carbocycles. The van der Waals surface area contributed by atoms with Crippen LogP contribution in [-0.4, -0.2) is 33.8 Å². The van der Waals surface area contributed by atoms with Crippen molar-refractivity contribution in [3.05, 3.63) is 35.4 Å². The van der Waals surface area contributed by atoms with E-state index in [4.69, 9.17) is 9.47 Å². The smallest absolute Gasteiger partial charge is 0.333 e. The number of hydrogen-bond donors (Lipinski definition) is 1. The van der Waals surface area contributed by atoms with Gasteiger partial charge in [0.2, 0.25) is 0 Å². The molecular formula is C16H23NO4. The molecule has 1 aromatic rings. The summed E-state index contributed by atoms with van der Waals surface area (Å²) in [6, 6.07) is 5.91. The molecule has 5 heteroatoms. The van der Waals surface area contributed by atoms with Crippen LogP contribution >= 0.6 is 0 Å². The number of rotatable bonds is 7. The lowest BCUT2D eigenvalue weighted by Gasteiger charge is -2.15. The second kappa shape index (κ2) is 8.32. The highest BCUT2D eigenvalue weighted by Gasteiger charge is 2.09. The zero-order chi connectivity index (χ0) is 15.8. The Morgan fingerprint density at radius 2 is 1.90 bits per heavy atom. The predicted octanol–water partition coefficient (Wildman–Crippen LogP) is 2.47. The van der Waals surface area contributed by atoms with Crippen molar-refractivity contribution < 1.29 is 19.0 Å². The Hall–Kier alpha value is -2.01. The van der Waals surface area contributed by atoms with Crippen molar-refractivity contribution in [1.82, 2.24) is 5.32 Å². The van der Waals surface area contributed by atoms with Crippen molar-refractivity contribution in [2.45, 2.75) is 19.9 Å².